The van der Waals surface area contributed by atoms with Gasteiger partial charge in [0.25, 0.3) is 5.91 Å². The second-order valence-electron chi connectivity index (χ2n) is 19.9. The van der Waals surface area contributed by atoms with Gasteiger partial charge in [-0.3, -0.25) is 9.32 Å². The quantitative estimate of drug-likeness (QED) is 0.0355. The predicted molar refractivity (Wildman–Crippen MR) is 262 cm³/mol. The average molecular weight is 1010 g/mol. The largest absolute Gasteiger partial charge is 0.469 e. The lowest BCUT2D eigenvalue weighted by molar-refractivity contribution is -0.334. The maximum Gasteiger partial charge on any atom is 0.469 e. The lowest BCUT2D eigenvalue weighted by Gasteiger charge is -2.50. The summed E-state index contributed by atoms with van der Waals surface area (Å²) in [6.07, 6.45) is 4.10. The molecule has 1 amide bonds. The SMILES string of the molecule is COCC(C(O)C(O)C(=O)NCCC(C)c1nc(/C=C/CC2OC3(CC(O)C2C)OC(C(CC(O)C(C)C(O)C(C)/C=C(C)/C(C)=C/C=C/C(C)=C/C#N)OC)C(OP(=O)(O)O)C3(C)C)co1)N(C)C. The van der Waals surface area contributed by atoms with E-state index in [4.69, 9.17) is 33.2 Å². The standard InChI is InChI=1S/C50H81N4O15P/c1-29(20-22-51)16-14-17-30(2)32(4)24-33(5)42(57)35(7)38(55)25-41(65-13)45-46(69-70(61,62)63)49(8,9)50(68-45)26-39(56)34(6)40(67-50)19-15-18-36-27-66-48(53-36)31(3)21-23-52-47(60)44(59)43(58)37(28-64-12)54(10)11/h14-18,20,24,27,31,33-35,37-46,55-59H,19,21,23,25-26,28H2,1-13H3,(H,52,60)(H2,61,62,63)/b16-14+,18-15+,29-20+,30-17+,32-24+. The number of methoxy groups -OCH3 is 2. The summed E-state index contributed by atoms with van der Waals surface area (Å²) in [7, 11) is 1.12. The van der Waals surface area contributed by atoms with E-state index in [0.717, 1.165) is 16.7 Å². The summed E-state index contributed by atoms with van der Waals surface area (Å²) in [5.41, 5.74) is 1.87. The van der Waals surface area contributed by atoms with Crippen molar-refractivity contribution in [3.8, 4) is 6.07 Å². The van der Waals surface area contributed by atoms with Gasteiger partial charge >= 0.3 is 7.82 Å². The predicted octanol–water partition coefficient (Wildman–Crippen LogP) is 4.69. The molecule has 0 saturated carbocycles. The minimum Gasteiger partial charge on any atom is -0.448 e. The zero-order valence-electron chi connectivity index (χ0n) is 43.1. The minimum absolute atomic E-state index is 0.0645. The number of carbonyl (C=O) groups excluding carboxylic acids is 1. The Bertz CT molecular complexity index is 2080. The molecule has 19 nitrogen and oxygen atoms in total. The number of hydrogen-bond acceptors (Lipinski definition) is 16. The Morgan fingerprint density at radius 3 is 2.36 bits per heavy atom. The van der Waals surface area contributed by atoms with Gasteiger partial charge in [0.1, 0.15) is 30.3 Å². The molecule has 2 aliphatic rings. The molecular weight excluding hydrogens is 928 g/mol. The number of aromatic nitrogens is 1. The molecule has 1 aromatic heterocycles. The Kier molecular flexibility index (Phi) is 23.5. The maximum atomic E-state index is 12.6. The van der Waals surface area contributed by atoms with Crippen molar-refractivity contribution in [2.24, 2.45) is 23.2 Å². The number of nitriles is 1. The fourth-order valence-corrected chi connectivity index (χ4v) is 9.64. The van der Waals surface area contributed by atoms with Crippen LogP contribution in [-0.4, -0.2) is 159 Å². The van der Waals surface area contributed by atoms with Crippen molar-refractivity contribution in [2.75, 3.05) is 41.5 Å². The third-order valence-electron chi connectivity index (χ3n) is 14.0. The first-order valence-electron chi connectivity index (χ1n) is 23.8. The normalized spacial score (nSPS) is 27.6. The van der Waals surface area contributed by atoms with Crippen LogP contribution < -0.4 is 5.32 Å². The van der Waals surface area contributed by atoms with E-state index in [1.807, 2.05) is 78.0 Å². The molecule has 15 unspecified atom stereocenters. The van der Waals surface area contributed by atoms with Crippen LogP contribution in [0.25, 0.3) is 6.08 Å². The first-order valence-corrected chi connectivity index (χ1v) is 25.4. The Hall–Kier alpha value is -3.42. The van der Waals surface area contributed by atoms with Gasteiger partial charge in [-0.2, -0.15) is 5.26 Å². The number of hydrogen-bond donors (Lipinski definition) is 8. The topological polar surface area (TPSA) is 287 Å². The van der Waals surface area contributed by atoms with Crippen LogP contribution in [0.3, 0.4) is 0 Å². The Morgan fingerprint density at radius 1 is 1.09 bits per heavy atom. The summed E-state index contributed by atoms with van der Waals surface area (Å²) < 4.78 is 48.2. The molecule has 8 N–H and O–H groups in total. The number of likely N-dealkylation sites (N-methyl/N-ethyl adjacent to an activating group) is 1. The van der Waals surface area contributed by atoms with Crippen LogP contribution in [0.2, 0.25) is 0 Å². The van der Waals surface area contributed by atoms with Crippen LogP contribution in [0.4, 0.5) is 0 Å². The van der Waals surface area contributed by atoms with Crippen LogP contribution >= 0.6 is 7.82 Å². The van der Waals surface area contributed by atoms with Gasteiger partial charge < -0.3 is 68.9 Å². The van der Waals surface area contributed by atoms with Gasteiger partial charge in [0.05, 0.1) is 49.2 Å². The van der Waals surface area contributed by atoms with E-state index in [1.54, 1.807) is 45.8 Å². The van der Waals surface area contributed by atoms with E-state index in [2.05, 4.69) is 10.3 Å². The molecule has 2 aliphatic heterocycles. The van der Waals surface area contributed by atoms with Crippen molar-refractivity contribution in [2.45, 2.75) is 161 Å². The number of phosphoric ester groups is 1. The zero-order chi connectivity index (χ0) is 52.9. The van der Waals surface area contributed by atoms with Crippen molar-refractivity contribution in [3.63, 3.8) is 0 Å². The number of nitrogens with one attached hydrogen (secondary N) is 1. The first-order chi connectivity index (χ1) is 32.6. The zero-order valence-corrected chi connectivity index (χ0v) is 44.0. The summed E-state index contributed by atoms with van der Waals surface area (Å²) in [5.74, 6) is -3.63. The molecule has 15 atom stereocenters. The molecule has 1 spiro atoms. The Labute approximate surface area is 414 Å². The van der Waals surface area contributed by atoms with Crippen molar-refractivity contribution in [1.29, 1.82) is 5.26 Å². The molecule has 70 heavy (non-hydrogen) atoms. The second-order valence-corrected chi connectivity index (χ2v) is 21.1. The minimum atomic E-state index is -5.15. The van der Waals surface area contributed by atoms with Crippen LogP contribution in [0.5, 0.6) is 0 Å². The van der Waals surface area contributed by atoms with E-state index in [-0.39, 0.29) is 44.2 Å². The van der Waals surface area contributed by atoms with Gasteiger partial charge in [-0.25, -0.2) is 9.55 Å². The highest BCUT2D eigenvalue weighted by molar-refractivity contribution is 7.46. The summed E-state index contributed by atoms with van der Waals surface area (Å²) in [4.78, 5) is 39.2. The van der Waals surface area contributed by atoms with Crippen LogP contribution in [0.1, 0.15) is 105 Å². The third-order valence-corrected chi connectivity index (χ3v) is 14.5. The average Bonchev–Trinajstić information content (AvgIpc) is 3.84. The van der Waals surface area contributed by atoms with Crippen LogP contribution in [0.15, 0.2) is 63.9 Å². The van der Waals surface area contributed by atoms with Gasteiger partial charge in [0, 0.05) is 68.8 Å². The van der Waals surface area contributed by atoms with Gasteiger partial charge in [-0.05, 0) is 64.9 Å². The molecule has 0 aromatic carbocycles. The van der Waals surface area contributed by atoms with Crippen molar-refractivity contribution < 1.29 is 72.6 Å². The third kappa shape index (κ3) is 16.3. The van der Waals surface area contributed by atoms with Gasteiger partial charge in [0.2, 0.25) is 0 Å². The maximum absolute atomic E-state index is 12.6. The van der Waals surface area contributed by atoms with Crippen molar-refractivity contribution in [1.82, 2.24) is 15.2 Å². The Morgan fingerprint density at radius 2 is 1.76 bits per heavy atom. The van der Waals surface area contributed by atoms with E-state index < -0.39 is 97.7 Å². The number of amides is 1. The number of carbonyl (C=O) groups is 1. The van der Waals surface area contributed by atoms with E-state index in [9.17, 15) is 44.7 Å². The molecular formula is C50H81N4O15P. The number of ether oxygens (including phenoxy) is 4. The van der Waals surface area contributed by atoms with Crippen LogP contribution in [0, 0.1) is 34.5 Å². The molecule has 0 radical (unpaired) electrons. The smallest absolute Gasteiger partial charge is 0.448 e. The monoisotopic (exact) mass is 1010 g/mol. The van der Waals surface area contributed by atoms with E-state index >= 15 is 0 Å². The van der Waals surface area contributed by atoms with E-state index in [0.29, 0.717) is 18.0 Å². The number of nitrogens with zero attached hydrogens (tertiary/aromatic N) is 3. The second kappa shape index (κ2) is 27.0. The summed E-state index contributed by atoms with van der Waals surface area (Å²) in [6.45, 7) is 16.6. The number of rotatable bonds is 26. The molecule has 396 valence electrons. The van der Waals surface area contributed by atoms with Crippen molar-refractivity contribution >= 4 is 19.8 Å². The highest BCUT2D eigenvalue weighted by Crippen LogP contribution is 2.59. The highest BCUT2D eigenvalue weighted by Gasteiger charge is 2.68. The molecule has 1 aromatic rings. The van der Waals surface area contributed by atoms with E-state index in [1.165, 1.54) is 26.6 Å². The molecule has 0 bridgehead atoms. The highest BCUT2D eigenvalue weighted by atomic mass is 31.2. The van der Waals surface area contributed by atoms with Gasteiger partial charge in [-0.1, -0.05) is 77.5 Å². The molecule has 2 saturated heterocycles. The number of allylic oxidation sites excluding steroid dienone is 7. The molecule has 20 heteroatoms. The van der Waals surface area contributed by atoms with Gasteiger partial charge in [0.15, 0.2) is 17.8 Å². The molecule has 3 heterocycles. The lowest BCUT2D eigenvalue weighted by Crippen LogP contribution is -2.58. The molecule has 0 aliphatic carbocycles. The summed E-state index contributed by atoms with van der Waals surface area (Å²) >= 11 is 0. The molecule has 2 fully saturated rings. The lowest BCUT2D eigenvalue weighted by atomic mass is 9.72. The number of aliphatic hydroxyl groups excluding tert-OH is 5. The number of aliphatic hydroxyl groups is 5. The molecule has 3 rings (SSSR count). The summed E-state index contributed by atoms with van der Waals surface area (Å²) in [6, 6.07) is 1.40. The number of phosphoric acid groups is 1. The van der Waals surface area contributed by atoms with Gasteiger partial charge in [-0.15, -0.1) is 0 Å². The fourth-order valence-electron chi connectivity index (χ4n) is 8.96. The van der Waals surface area contributed by atoms with Crippen LogP contribution in [-0.2, 0) is 32.8 Å². The fraction of sp³-hybridized carbons (Fsp3) is 0.700. The first kappa shape index (κ1) is 60.9. The number of oxazole rings is 1. The Balaban J connectivity index is 1.74. The van der Waals surface area contributed by atoms with Crippen molar-refractivity contribution in [3.05, 3.63) is 71.0 Å². The summed E-state index contributed by atoms with van der Waals surface area (Å²) in [5, 5.41) is 67.1.